The van der Waals surface area contributed by atoms with Crippen molar-refractivity contribution >= 4 is 47.8 Å². The van der Waals surface area contributed by atoms with Crippen molar-refractivity contribution in [3.05, 3.63) is 49.6 Å². The predicted octanol–water partition coefficient (Wildman–Crippen LogP) is 4.22. The van der Waals surface area contributed by atoms with E-state index in [9.17, 15) is 0 Å². The van der Waals surface area contributed by atoms with Crippen LogP contribution in [0.5, 0.6) is 0 Å². The van der Waals surface area contributed by atoms with Gasteiger partial charge in [-0.3, -0.25) is 4.68 Å². The zero-order chi connectivity index (χ0) is 10.8. The molecule has 2 rings (SSSR count). The van der Waals surface area contributed by atoms with Crippen molar-refractivity contribution in [2.75, 3.05) is 0 Å². The first-order valence-corrected chi connectivity index (χ1v) is 6.67. The normalized spacial score (nSPS) is 10.6. The number of halogens is 3. The van der Waals surface area contributed by atoms with E-state index in [-0.39, 0.29) is 0 Å². The highest BCUT2D eigenvalue weighted by Gasteiger charge is 2.05. The Balaban J connectivity index is 2.29. The van der Waals surface area contributed by atoms with Crippen molar-refractivity contribution < 1.29 is 0 Å². The van der Waals surface area contributed by atoms with Crippen molar-refractivity contribution in [1.82, 2.24) is 9.78 Å². The zero-order valence-corrected chi connectivity index (χ0v) is 12.4. The van der Waals surface area contributed by atoms with E-state index in [1.807, 2.05) is 28.9 Å². The fourth-order valence-corrected chi connectivity index (χ4v) is 2.81. The van der Waals surface area contributed by atoms with Gasteiger partial charge in [-0.25, -0.2) is 0 Å². The third kappa shape index (κ3) is 2.71. The first-order chi connectivity index (χ1) is 7.16. The van der Waals surface area contributed by atoms with E-state index in [1.54, 1.807) is 0 Å². The molecule has 0 saturated heterocycles. The van der Waals surface area contributed by atoms with Crippen LogP contribution in [0.25, 0.3) is 0 Å². The summed E-state index contributed by atoms with van der Waals surface area (Å²) in [7, 11) is 0. The number of hydrogen-bond donors (Lipinski definition) is 0. The van der Waals surface area contributed by atoms with Crippen LogP contribution in [0, 0.1) is 0 Å². The Morgan fingerprint density at radius 1 is 1.13 bits per heavy atom. The van der Waals surface area contributed by atoms with Crippen molar-refractivity contribution in [2.45, 2.75) is 6.54 Å². The summed E-state index contributed by atoms with van der Waals surface area (Å²) in [4.78, 5) is 0. The molecule has 0 fully saturated rings. The number of nitrogens with zero attached hydrogens (tertiary/aromatic N) is 2. The molecule has 0 unspecified atom stereocenters. The zero-order valence-electron chi connectivity index (χ0n) is 7.62. The molecule has 2 nitrogen and oxygen atoms in total. The summed E-state index contributed by atoms with van der Waals surface area (Å²) in [6.07, 6.45) is 0. The third-order valence-electron chi connectivity index (χ3n) is 1.98. The molecule has 0 bridgehead atoms. The Morgan fingerprint density at radius 3 is 2.47 bits per heavy atom. The van der Waals surface area contributed by atoms with E-state index in [0.717, 1.165) is 20.2 Å². The van der Waals surface area contributed by atoms with E-state index in [2.05, 4.69) is 59.0 Å². The number of benzene rings is 1. The smallest absolute Gasteiger partial charge is 0.129 e. The maximum absolute atomic E-state index is 4.31. The Labute approximate surface area is 113 Å². The Bertz CT molecular complexity index is 479. The molecule has 0 aliphatic heterocycles. The quantitative estimate of drug-likeness (QED) is 0.745. The molecule has 1 aromatic heterocycles. The predicted molar refractivity (Wildman–Crippen MR) is 70.9 cm³/mol. The molecule has 15 heavy (non-hydrogen) atoms. The minimum Gasteiger partial charge on any atom is -0.253 e. The molecule has 0 N–H and O–H groups in total. The Kier molecular flexibility index (Phi) is 3.64. The maximum atomic E-state index is 4.31. The lowest BCUT2D eigenvalue weighted by atomic mass is 10.2. The number of aromatic nitrogens is 2. The van der Waals surface area contributed by atoms with Gasteiger partial charge in [-0.15, -0.1) is 0 Å². The molecule has 0 spiro atoms. The summed E-state index contributed by atoms with van der Waals surface area (Å²) in [6.45, 7) is 0.744. The van der Waals surface area contributed by atoms with Gasteiger partial charge in [-0.2, -0.15) is 5.10 Å². The van der Waals surface area contributed by atoms with Gasteiger partial charge in [0.25, 0.3) is 0 Å². The van der Waals surface area contributed by atoms with E-state index in [4.69, 9.17) is 0 Å². The van der Waals surface area contributed by atoms with Crippen LogP contribution in [0.1, 0.15) is 5.56 Å². The van der Waals surface area contributed by atoms with Gasteiger partial charge < -0.3 is 0 Å². The average Bonchev–Trinajstić information content (AvgIpc) is 2.49. The standard InChI is InChI=1S/C10H7Br3N2/c11-8-4-2-1-3-7(8)6-15-10(13)5-9(12)14-15/h1-5H,6H2. The van der Waals surface area contributed by atoms with Crippen molar-refractivity contribution in [3.8, 4) is 0 Å². The molecule has 2 aromatic rings. The largest absolute Gasteiger partial charge is 0.253 e. The summed E-state index contributed by atoms with van der Waals surface area (Å²) in [5, 5.41) is 4.31. The summed E-state index contributed by atoms with van der Waals surface area (Å²) < 4.78 is 4.79. The molecule has 0 aliphatic carbocycles. The minimum atomic E-state index is 0.744. The van der Waals surface area contributed by atoms with E-state index < -0.39 is 0 Å². The summed E-state index contributed by atoms with van der Waals surface area (Å²) >= 11 is 10.3. The molecule has 5 heteroatoms. The molecule has 0 atom stereocenters. The molecular weight excluding hydrogens is 388 g/mol. The minimum absolute atomic E-state index is 0.744. The molecule has 0 amide bonds. The summed E-state index contributed by atoms with van der Waals surface area (Å²) in [5.41, 5.74) is 1.20. The van der Waals surface area contributed by atoms with E-state index >= 15 is 0 Å². The summed E-state index contributed by atoms with van der Waals surface area (Å²) in [5.74, 6) is 0. The van der Waals surface area contributed by atoms with Gasteiger partial charge in [0.1, 0.15) is 9.21 Å². The molecule has 78 valence electrons. The molecule has 0 aliphatic rings. The topological polar surface area (TPSA) is 17.8 Å². The van der Waals surface area contributed by atoms with Gasteiger partial charge in [-0.05, 0) is 43.5 Å². The second kappa shape index (κ2) is 4.80. The van der Waals surface area contributed by atoms with Crippen LogP contribution in [-0.4, -0.2) is 9.78 Å². The Hall–Kier alpha value is -0.130. The highest BCUT2D eigenvalue weighted by Crippen LogP contribution is 2.21. The highest BCUT2D eigenvalue weighted by atomic mass is 79.9. The SMILES string of the molecule is Brc1cc(Br)n(Cc2ccccc2Br)n1. The second-order valence-electron chi connectivity index (χ2n) is 3.04. The van der Waals surface area contributed by atoms with Crippen molar-refractivity contribution in [1.29, 1.82) is 0 Å². The first kappa shape index (κ1) is 11.4. The number of rotatable bonds is 2. The highest BCUT2D eigenvalue weighted by molar-refractivity contribution is 9.11. The van der Waals surface area contributed by atoms with E-state index in [0.29, 0.717) is 0 Å². The van der Waals surface area contributed by atoms with Crippen LogP contribution in [-0.2, 0) is 6.54 Å². The van der Waals surface area contributed by atoms with Gasteiger partial charge >= 0.3 is 0 Å². The second-order valence-corrected chi connectivity index (χ2v) is 5.52. The van der Waals surface area contributed by atoms with Crippen LogP contribution < -0.4 is 0 Å². The van der Waals surface area contributed by atoms with Crippen LogP contribution in [0.4, 0.5) is 0 Å². The van der Waals surface area contributed by atoms with Crippen molar-refractivity contribution in [2.24, 2.45) is 0 Å². The monoisotopic (exact) mass is 392 g/mol. The molecule has 0 radical (unpaired) electrons. The van der Waals surface area contributed by atoms with E-state index in [1.165, 1.54) is 5.56 Å². The van der Waals surface area contributed by atoms with Crippen LogP contribution in [0.2, 0.25) is 0 Å². The van der Waals surface area contributed by atoms with Crippen LogP contribution >= 0.6 is 47.8 Å². The lowest BCUT2D eigenvalue weighted by Gasteiger charge is -2.05. The molecule has 1 heterocycles. The van der Waals surface area contributed by atoms with Gasteiger partial charge in [0.05, 0.1) is 6.54 Å². The third-order valence-corrected chi connectivity index (χ3v) is 3.78. The number of hydrogen-bond acceptors (Lipinski definition) is 1. The maximum Gasteiger partial charge on any atom is 0.129 e. The lowest BCUT2D eigenvalue weighted by molar-refractivity contribution is 0.665. The van der Waals surface area contributed by atoms with Gasteiger partial charge in [0.2, 0.25) is 0 Å². The molecular formula is C10H7Br3N2. The van der Waals surface area contributed by atoms with Gasteiger partial charge in [0, 0.05) is 10.5 Å². The van der Waals surface area contributed by atoms with Crippen LogP contribution in [0.15, 0.2) is 44.0 Å². The Morgan fingerprint density at radius 2 is 1.87 bits per heavy atom. The fourth-order valence-electron chi connectivity index (χ4n) is 1.26. The van der Waals surface area contributed by atoms with Crippen LogP contribution in [0.3, 0.4) is 0 Å². The summed E-state index contributed by atoms with van der Waals surface area (Å²) in [6, 6.07) is 10.1. The molecule has 0 saturated carbocycles. The van der Waals surface area contributed by atoms with Crippen molar-refractivity contribution in [3.63, 3.8) is 0 Å². The van der Waals surface area contributed by atoms with Gasteiger partial charge in [-0.1, -0.05) is 34.1 Å². The average molecular weight is 395 g/mol. The first-order valence-electron chi connectivity index (χ1n) is 4.29. The van der Waals surface area contributed by atoms with Gasteiger partial charge in [0.15, 0.2) is 0 Å². The lowest BCUT2D eigenvalue weighted by Crippen LogP contribution is -2.02. The molecule has 1 aromatic carbocycles. The fraction of sp³-hybridized carbons (Fsp3) is 0.100.